The van der Waals surface area contributed by atoms with Gasteiger partial charge in [-0.25, -0.2) is 12.8 Å². The van der Waals surface area contributed by atoms with E-state index in [1.54, 1.807) is 26.0 Å². The summed E-state index contributed by atoms with van der Waals surface area (Å²) in [4.78, 5) is 15.4. The fourth-order valence-electron chi connectivity index (χ4n) is 4.08. The van der Waals surface area contributed by atoms with E-state index in [0.717, 1.165) is 38.0 Å². The van der Waals surface area contributed by atoms with Crippen LogP contribution in [0.2, 0.25) is 0 Å². The molecule has 2 aromatic carbocycles. The minimum absolute atomic E-state index is 0.0188. The van der Waals surface area contributed by atoms with Crippen LogP contribution in [0.5, 0.6) is 5.75 Å². The van der Waals surface area contributed by atoms with Crippen LogP contribution in [0, 0.1) is 5.82 Å². The van der Waals surface area contributed by atoms with Gasteiger partial charge in [0.15, 0.2) is 0 Å². The predicted molar refractivity (Wildman–Crippen MR) is 125 cm³/mol. The molecular formula is C24H32FN3O4S. The third-order valence-electron chi connectivity index (χ3n) is 6.00. The molecule has 0 atom stereocenters. The molecule has 0 aliphatic carbocycles. The number of amides is 1. The number of hydrogen-bond donors (Lipinski definition) is 1. The molecule has 1 amide bonds. The molecule has 1 aliphatic heterocycles. The lowest BCUT2D eigenvalue weighted by Crippen LogP contribution is -2.44. The molecule has 33 heavy (non-hydrogen) atoms. The lowest BCUT2D eigenvalue weighted by Gasteiger charge is -2.32. The van der Waals surface area contributed by atoms with Crippen LogP contribution in [-0.2, 0) is 16.6 Å². The summed E-state index contributed by atoms with van der Waals surface area (Å²) in [5.41, 5.74) is 1.26. The number of ether oxygens (including phenoxy) is 1. The van der Waals surface area contributed by atoms with Crippen LogP contribution in [-0.4, -0.2) is 62.9 Å². The van der Waals surface area contributed by atoms with Crippen molar-refractivity contribution >= 4 is 15.9 Å². The molecule has 180 valence electrons. The summed E-state index contributed by atoms with van der Waals surface area (Å²) >= 11 is 0. The standard InChI is InChI=1S/C24H32FN3O4S/c1-4-28(5-2)33(30,31)21-10-11-23(32-3)22(16-21)24(29)26-20-12-14-27(15-13-20)17-18-6-8-19(25)9-7-18/h6-11,16,20H,4-5,12-15,17H2,1-3H3,(H,26,29). The fourth-order valence-corrected chi connectivity index (χ4v) is 5.57. The second-order valence-corrected chi connectivity index (χ2v) is 10.0. The average molecular weight is 478 g/mol. The monoisotopic (exact) mass is 477 g/mol. The quantitative estimate of drug-likeness (QED) is 0.600. The van der Waals surface area contributed by atoms with Gasteiger partial charge in [-0.3, -0.25) is 9.69 Å². The zero-order valence-corrected chi connectivity index (χ0v) is 20.2. The number of methoxy groups -OCH3 is 1. The second-order valence-electron chi connectivity index (χ2n) is 8.10. The Morgan fingerprint density at radius 1 is 1.12 bits per heavy atom. The van der Waals surface area contributed by atoms with E-state index in [9.17, 15) is 17.6 Å². The molecule has 3 rings (SSSR count). The summed E-state index contributed by atoms with van der Waals surface area (Å²) in [6, 6.07) is 10.9. The molecule has 1 heterocycles. The largest absolute Gasteiger partial charge is 0.496 e. The van der Waals surface area contributed by atoms with Gasteiger partial charge in [0.25, 0.3) is 5.91 Å². The molecule has 0 bridgehead atoms. The Morgan fingerprint density at radius 2 is 1.76 bits per heavy atom. The first-order valence-corrected chi connectivity index (χ1v) is 12.7. The van der Waals surface area contributed by atoms with Crippen LogP contribution < -0.4 is 10.1 Å². The maximum Gasteiger partial charge on any atom is 0.255 e. The maximum absolute atomic E-state index is 13.1. The minimum atomic E-state index is -3.69. The van der Waals surface area contributed by atoms with Gasteiger partial charge >= 0.3 is 0 Å². The van der Waals surface area contributed by atoms with Gasteiger partial charge in [-0.2, -0.15) is 4.31 Å². The number of nitrogens with one attached hydrogen (secondary N) is 1. The van der Waals surface area contributed by atoms with E-state index in [1.165, 1.54) is 41.7 Å². The topological polar surface area (TPSA) is 78.9 Å². The lowest BCUT2D eigenvalue weighted by atomic mass is 10.0. The molecular weight excluding hydrogens is 445 g/mol. The molecule has 0 unspecified atom stereocenters. The van der Waals surface area contributed by atoms with Crippen molar-refractivity contribution in [3.63, 3.8) is 0 Å². The van der Waals surface area contributed by atoms with Crippen molar-refractivity contribution < 1.29 is 22.3 Å². The van der Waals surface area contributed by atoms with Crippen molar-refractivity contribution in [3.05, 3.63) is 59.4 Å². The number of hydrogen-bond acceptors (Lipinski definition) is 5. The first kappa shape index (κ1) is 25.1. The number of sulfonamides is 1. The van der Waals surface area contributed by atoms with Crippen LogP contribution in [0.25, 0.3) is 0 Å². The fraction of sp³-hybridized carbons (Fsp3) is 0.458. The molecule has 0 radical (unpaired) electrons. The predicted octanol–water partition coefficient (Wildman–Crippen LogP) is 3.26. The van der Waals surface area contributed by atoms with Gasteiger partial charge in [0.2, 0.25) is 10.0 Å². The number of benzene rings is 2. The van der Waals surface area contributed by atoms with Crippen LogP contribution >= 0.6 is 0 Å². The van der Waals surface area contributed by atoms with E-state index in [0.29, 0.717) is 18.8 Å². The van der Waals surface area contributed by atoms with Crippen molar-refractivity contribution in [2.24, 2.45) is 0 Å². The van der Waals surface area contributed by atoms with Gasteiger partial charge in [0.1, 0.15) is 11.6 Å². The van der Waals surface area contributed by atoms with E-state index in [4.69, 9.17) is 4.74 Å². The second kappa shape index (κ2) is 11.1. The average Bonchev–Trinajstić information content (AvgIpc) is 2.82. The third-order valence-corrected chi connectivity index (χ3v) is 8.05. The minimum Gasteiger partial charge on any atom is -0.496 e. The smallest absolute Gasteiger partial charge is 0.255 e. The highest BCUT2D eigenvalue weighted by Crippen LogP contribution is 2.25. The Labute approximate surface area is 195 Å². The van der Waals surface area contributed by atoms with E-state index in [2.05, 4.69) is 10.2 Å². The van der Waals surface area contributed by atoms with E-state index in [-0.39, 0.29) is 28.2 Å². The van der Waals surface area contributed by atoms with Crippen molar-refractivity contribution in [3.8, 4) is 5.75 Å². The Hall–Kier alpha value is -2.49. The number of likely N-dealkylation sites (tertiary alicyclic amines) is 1. The zero-order valence-electron chi connectivity index (χ0n) is 19.4. The number of carbonyl (C=O) groups is 1. The summed E-state index contributed by atoms with van der Waals surface area (Å²) in [6.07, 6.45) is 1.54. The lowest BCUT2D eigenvalue weighted by molar-refractivity contribution is 0.0905. The molecule has 0 aromatic heterocycles. The molecule has 1 saturated heterocycles. The molecule has 9 heteroatoms. The summed E-state index contributed by atoms with van der Waals surface area (Å²) in [5, 5.41) is 3.03. The molecule has 1 aliphatic rings. The van der Waals surface area contributed by atoms with Gasteiger partial charge in [-0.1, -0.05) is 26.0 Å². The van der Waals surface area contributed by atoms with Crippen molar-refractivity contribution in [1.29, 1.82) is 0 Å². The van der Waals surface area contributed by atoms with E-state index >= 15 is 0 Å². The van der Waals surface area contributed by atoms with Gasteiger partial charge in [-0.05, 0) is 48.7 Å². The van der Waals surface area contributed by atoms with Crippen molar-refractivity contribution in [1.82, 2.24) is 14.5 Å². The Kier molecular flexibility index (Phi) is 8.45. The van der Waals surface area contributed by atoms with Crippen LogP contribution in [0.4, 0.5) is 4.39 Å². The summed E-state index contributed by atoms with van der Waals surface area (Å²) < 4.78 is 45.6. The molecule has 0 saturated carbocycles. The highest BCUT2D eigenvalue weighted by atomic mass is 32.2. The zero-order chi connectivity index (χ0) is 24.0. The number of rotatable bonds is 9. The van der Waals surface area contributed by atoms with Crippen LogP contribution in [0.15, 0.2) is 47.4 Å². The highest BCUT2D eigenvalue weighted by molar-refractivity contribution is 7.89. The van der Waals surface area contributed by atoms with E-state index < -0.39 is 10.0 Å². The van der Waals surface area contributed by atoms with Gasteiger partial charge in [-0.15, -0.1) is 0 Å². The Morgan fingerprint density at radius 3 is 2.33 bits per heavy atom. The molecule has 7 nitrogen and oxygen atoms in total. The van der Waals surface area contributed by atoms with Crippen LogP contribution in [0.3, 0.4) is 0 Å². The molecule has 0 spiro atoms. The Balaban J connectivity index is 1.66. The van der Waals surface area contributed by atoms with Gasteiger partial charge in [0.05, 0.1) is 17.6 Å². The normalized spacial score (nSPS) is 15.5. The molecule has 2 aromatic rings. The number of piperidine rings is 1. The Bertz CT molecular complexity index is 1050. The van der Waals surface area contributed by atoms with Crippen molar-refractivity contribution in [2.75, 3.05) is 33.3 Å². The van der Waals surface area contributed by atoms with Crippen LogP contribution in [0.1, 0.15) is 42.6 Å². The summed E-state index contributed by atoms with van der Waals surface area (Å²) in [7, 11) is -2.23. The highest BCUT2D eigenvalue weighted by Gasteiger charge is 2.26. The summed E-state index contributed by atoms with van der Waals surface area (Å²) in [5.74, 6) is -0.260. The third kappa shape index (κ3) is 6.10. The number of nitrogens with zero attached hydrogens (tertiary/aromatic N) is 2. The molecule has 1 fully saturated rings. The number of carbonyl (C=O) groups excluding carboxylic acids is 1. The SMILES string of the molecule is CCN(CC)S(=O)(=O)c1ccc(OC)c(C(=O)NC2CCN(Cc3ccc(F)cc3)CC2)c1. The van der Waals surface area contributed by atoms with Gasteiger partial charge in [0, 0.05) is 38.8 Å². The maximum atomic E-state index is 13.1. The first-order valence-electron chi connectivity index (χ1n) is 11.2. The first-order chi connectivity index (χ1) is 15.8. The van der Waals surface area contributed by atoms with Crippen molar-refractivity contribution in [2.45, 2.75) is 44.2 Å². The molecule has 1 N–H and O–H groups in total. The number of halogens is 1. The van der Waals surface area contributed by atoms with E-state index in [1.807, 2.05) is 0 Å². The van der Waals surface area contributed by atoms with Gasteiger partial charge < -0.3 is 10.1 Å². The summed E-state index contributed by atoms with van der Waals surface area (Å²) in [6.45, 7) is 6.60.